The third kappa shape index (κ3) is 5.79. The molecule has 90 valence electrons. The van der Waals surface area contributed by atoms with Crippen LogP contribution in [0.15, 0.2) is 0 Å². The molecular formula is C12H26N2S. The summed E-state index contributed by atoms with van der Waals surface area (Å²) in [5.41, 5.74) is 0.266. The quantitative estimate of drug-likeness (QED) is 0.729. The van der Waals surface area contributed by atoms with Gasteiger partial charge in [0.25, 0.3) is 0 Å². The van der Waals surface area contributed by atoms with Gasteiger partial charge in [-0.05, 0) is 59.5 Å². The molecule has 0 aromatic rings. The van der Waals surface area contributed by atoms with Crippen LogP contribution in [0.4, 0.5) is 0 Å². The number of hydrogen-bond acceptors (Lipinski definition) is 3. The molecule has 0 spiro atoms. The summed E-state index contributed by atoms with van der Waals surface area (Å²) in [4.78, 5) is 2.53. The van der Waals surface area contributed by atoms with Crippen LogP contribution < -0.4 is 5.32 Å². The molecule has 0 amide bonds. The van der Waals surface area contributed by atoms with Crippen LogP contribution in [0.1, 0.15) is 33.6 Å². The maximum absolute atomic E-state index is 3.54. The van der Waals surface area contributed by atoms with Crippen LogP contribution >= 0.6 is 11.8 Å². The Bertz CT molecular complexity index is 171. The number of hydrogen-bond donors (Lipinski definition) is 1. The van der Waals surface area contributed by atoms with E-state index in [1.807, 2.05) is 0 Å². The molecule has 0 aromatic heterocycles. The van der Waals surface area contributed by atoms with E-state index in [1.54, 1.807) is 0 Å². The van der Waals surface area contributed by atoms with Crippen molar-refractivity contribution in [2.24, 2.45) is 0 Å². The van der Waals surface area contributed by atoms with Crippen molar-refractivity contribution in [3.05, 3.63) is 0 Å². The van der Waals surface area contributed by atoms with Crippen molar-refractivity contribution in [3.8, 4) is 0 Å². The highest BCUT2D eigenvalue weighted by Gasteiger charge is 2.19. The Kier molecular flexibility index (Phi) is 5.44. The Morgan fingerprint density at radius 1 is 1.40 bits per heavy atom. The van der Waals surface area contributed by atoms with E-state index in [2.05, 4.69) is 49.8 Å². The molecule has 0 aliphatic carbocycles. The van der Waals surface area contributed by atoms with Crippen molar-refractivity contribution in [1.82, 2.24) is 10.2 Å². The van der Waals surface area contributed by atoms with Crippen LogP contribution in [0.2, 0.25) is 0 Å². The first-order valence-electron chi connectivity index (χ1n) is 6.02. The molecule has 0 radical (unpaired) electrons. The van der Waals surface area contributed by atoms with E-state index < -0.39 is 0 Å². The van der Waals surface area contributed by atoms with Crippen LogP contribution in [0, 0.1) is 0 Å². The van der Waals surface area contributed by atoms with E-state index in [1.165, 1.54) is 30.9 Å². The molecule has 1 atom stereocenters. The summed E-state index contributed by atoms with van der Waals surface area (Å²) in [6.45, 7) is 9.04. The normalized spacial score (nSPS) is 22.6. The maximum Gasteiger partial charge on any atom is 0.0191 e. The third-order valence-corrected chi connectivity index (χ3v) is 4.02. The van der Waals surface area contributed by atoms with E-state index in [4.69, 9.17) is 0 Å². The van der Waals surface area contributed by atoms with Gasteiger partial charge >= 0.3 is 0 Å². The van der Waals surface area contributed by atoms with Gasteiger partial charge in [0.2, 0.25) is 0 Å². The van der Waals surface area contributed by atoms with E-state index in [0.717, 1.165) is 12.6 Å². The topological polar surface area (TPSA) is 15.3 Å². The number of thioether (sulfide) groups is 1. The average Bonchev–Trinajstić information content (AvgIpc) is 2.63. The van der Waals surface area contributed by atoms with Crippen molar-refractivity contribution in [2.45, 2.75) is 45.2 Å². The summed E-state index contributed by atoms with van der Waals surface area (Å²) in [5.74, 6) is 2.69. The van der Waals surface area contributed by atoms with Gasteiger partial charge in [0.15, 0.2) is 0 Å². The van der Waals surface area contributed by atoms with Crippen molar-refractivity contribution in [1.29, 1.82) is 0 Å². The second kappa shape index (κ2) is 6.12. The van der Waals surface area contributed by atoms with Gasteiger partial charge in [-0.1, -0.05) is 0 Å². The summed E-state index contributed by atoms with van der Waals surface area (Å²) in [6.07, 6.45) is 2.64. The van der Waals surface area contributed by atoms with Crippen molar-refractivity contribution >= 4 is 11.8 Å². The van der Waals surface area contributed by atoms with Gasteiger partial charge in [0.1, 0.15) is 0 Å². The Morgan fingerprint density at radius 3 is 2.67 bits per heavy atom. The van der Waals surface area contributed by atoms with E-state index in [-0.39, 0.29) is 5.54 Å². The summed E-state index contributed by atoms with van der Waals surface area (Å²) < 4.78 is 0. The maximum atomic E-state index is 3.54. The second-order valence-electron chi connectivity index (χ2n) is 5.53. The lowest BCUT2D eigenvalue weighted by Crippen LogP contribution is -2.39. The predicted octanol–water partition coefficient (Wildman–Crippen LogP) is 2.20. The van der Waals surface area contributed by atoms with E-state index in [0.29, 0.717) is 0 Å². The minimum Gasteiger partial charge on any atom is -0.312 e. The molecule has 0 saturated carbocycles. The Balaban J connectivity index is 2.04. The van der Waals surface area contributed by atoms with Crippen molar-refractivity contribution in [2.75, 3.05) is 31.6 Å². The smallest absolute Gasteiger partial charge is 0.0191 e. The molecule has 1 saturated heterocycles. The Labute approximate surface area is 99.2 Å². The lowest BCUT2D eigenvalue weighted by atomic mass is 10.1. The van der Waals surface area contributed by atoms with E-state index >= 15 is 0 Å². The van der Waals surface area contributed by atoms with Gasteiger partial charge in [-0.15, -0.1) is 0 Å². The third-order valence-electron chi connectivity index (χ3n) is 2.87. The molecule has 2 nitrogen and oxygen atoms in total. The summed E-state index contributed by atoms with van der Waals surface area (Å²) >= 11 is 2.10. The fourth-order valence-corrected chi connectivity index (χ4v) is 3.14. The zero-order chi connectivity index (χ0) is 11.3. The molecule has 1 unspecified atom stereocenters. The van der Waals surface area contributed by atoms with Gasteiger partial charge in [0.05, 0.1) is 0 Å². The molecule has 1 rings (SSSR count). The van der Waals surface area contributed by atoms with Gasteiger partial charge in [-0.3, -0.25) is 0 Å². The van der Waals surface area contributed by atoms with Gasteiger partial charge < -0.3 is 10.2 Å². The average molecular weight is 230 g/mol. The Hall–Kier alpha value is 0.270. The molecular weight excluding hydrogens is 204 g/mol. The van der Waals surface area contributed by atoms with Crippen LogP contribution in [-0.4, -0.2) is 48.1 Å². The number of rotatable bonds is 5. The monoisotopic (exact) mass is 230 g/mol. The highest BCUT2D eigenvalue weighted by atomic mass is 32.2. The molecule has 15 heavy (non-hydrogen) atoms. The zero-order valence-electron chi connectivity index (χ0n) is 10.7. The fraction of sp³-hybridized carbons (Fsp3) is 1.00. The minimum atomic E-state index is 0.266. The molecule has 0 bridgehead atoms. The highest BCUT2D eigenvalue weighted by molar-refractivity contribution is 7.99. The van der Waals surface area contributed by atoms with Crippen LogP contribution in [0.5, 0.6) is 0 Å². The second-order valence-corrected chi connectivity index (χ2v) is 6.68. The van der Waals surface area contributed by atoms with Crippen LogP contribution in [0.25, 0.3) is 0 Å². The lowest BCUT2D eigenvalue weighted by molar-refractivity contribution is 0.254. The summed E-state index contributed by atoms with van der Waals surface area (Å²) in [6, 6.07) is 0.838. The Morgan fingerprint density at radius 2 is 2.13 bits per heavy atom. The number of nitrogens with one attached hydrogen (secondary N) is 1. The first kappa shape index (κ1) is 13.3. The zero-order valence-corrected chi connectivity index (χ0v) is 11.5. The molecule has 1 heterocycles. The van der Waals surface area contributed by atoms with E-state index in [9.17, 15) is 0 Å². The molecule has 1 aliphatic heterocycles. The standard InChI is InChI=1S/C12H26N2S/c1-12(2,3)13-7-5-8-14(4)11-6-9-15-10-11/h11,13H,5-10H2,1-4H3. The van der Waals surface area contributed by atoms with Gasteiger partial charge in [-0.2, -0.15) is 11.8 Å². The molecule has 0 aromatic carbocycles. The summed E-state index contributed by atoms with van der Waals surface area (Å²) in [7, 11) is 2.27. The van der Waals surface area contributed by atoms with Crippen molar-refractivity contribution < 1.29 is 0 Å². The van der Waals surface area contributed by atoms with Gasteiger partial charge in [-0.25, -0.2) is 0 Å². The van der Waals surface area contributed by atoms with Crippen LogP contribution in [-0.2, 0) is 0 Å². The number of nitrogens with zero attached hydrogens (tertiary/aromatic N) is 1. The molecule has 1 fully saturated rings. The predicted molar refractivity (Wildman–Crippen MR) is 70.7 cm³/mol. The lowest BCUT2D eigenvalue weighted by Gasteiger charge is -2.25. The largest absolute Gasteiger partial charge is 0.312 e. The van der Waals surface area contributed by atoms with Crippen LogP contribution in [0.3, 0.4) is 0 Å². The molecule has 1 aliphatic rings. The van der Waals surface area contributed by atoms with Crippen molar-refractivity contribution in [3.63, 3.8) is 0 Å². The first-order chi connectivity index (χ1) is 6.99. The SMILES string of the molecule is CN(CCCNC(C)(C)C)C1CCSC1. The highest BCUT2D eigenvalue weighted by Crippen LogP contribution is 2.21. The molecule has 1 N–H and O–H groups in total. The first-order valence-corrected chi connectivity index (χ1v) is 7.17. The fourth-order valence-electron chi connectivity index (χ4n) is 1.84. The minimum absolute atomic E-state index is 0.266. The molecule has 3 heteroatoms. The van der Waals surface area contributed by atoms with Gasteiger partial charge in [0, 0.05) is 17.3 Å². The summed E-state index contributed by atoms with van der Waals surface area (Å²) in [5, 5.41) is 3.54.